The normalized spacial score (nSPS) is 18.6. The van der Waals surface area contributed by atoms with Gasteiger partial charge in [0.05, 0.1) is 27.9 Å². The largest absolute Gasteiger partial charge is 0.293 e. The van der Waals surface area contributed by atoms with Crippen LogP contribution in [0.3, 0.4) is 0 Å². The number of benzene rings is 6. The maximum atomic E-state index is 14.4. The quantitative estimate of drug-likeness (QED) is 0.169. The van der Waals surface area contributed by atoms with E-state index < -0.39 is 35.5 Å². The Kier molecular flexibility index (Phi) is 6.19. The van der Waals surface area contributed by atoms with Crippen molar-refractivity contribution in [2.75, 3.05) is 11.9 Å². The Morgan fingerprint density at radius 2 is 0.906 bits per heavy atom. The molecule has 2 aliphatic carbocycles. The molecule has 10 rings (SSSR count). The van der Waals surface area contributed by atoms with Crippen LogP contribution < -0.4 is 4.90 Å². The first-order valence-corrected chi connectivity index (χ1v) is 17.6. The third kappa shape index (κ3) is 3.95. The molecular formula is C45H30N2O6. The number of aryl methyl sites for hydroxylation is 3. The standard InChI is InChI=1S/C45H30N2O6/c1-20-13-27(24-10-6-5-9-23(24)22(20)3)28-14-21(2)39(26-12-8-7-11-25(26)28)47-44(52)37-16-30-32-17-31(41(49)34(30)19-38(37)45(47)53)29-15-35-36(18-33(29)40(32)48)43(51)46(4)42(35)50/h5-16,18-19,31-32H,17H2,1-4H3. The fraction of sp³-hybridized carbons (Fsp3) is 0.156. The van der Waals surface area contributed by atoms with Crippen LogP contribution in [0.2, 0.25) is 0 Å². The van der Waals surface area contributed by atoms with E-state index in [1.165, 1.54) is 35.7 Å². The van der Waals surface area contributed by atoms with E-state index in [1.807, 2.05) is 49.4 Å². The number of hydrogen-bond acceptors (Lipinski definition) is 6. The van der Waals surface area contributed by atoms with E-state index in [2.05, 4.69) is 32.0 Å². The molecule has 2 bridgehead atoms. The van der Waals surface area contributed by atoms with E-state index in [4.69, 9.17) is 0 Å². The zero-order valence-electron chi connectivity index (χ0n) is 29.3. The van der Waals surface area contributed by atoms with Gasteiger partial charge in [0.25, 0.3) is 23.6 Å². The average molecular weight is 695 g/mol. The number of hydrogen-bond donors (Lipinski definition) is 0. The van der Waals surface area contributed by atoms with Gasteiger partial charge in [0, 0.05) is 35.4 Å². The molecule has 0 radical (unpaired) electrons. The van der Waals surface area contributed by atoms with Crippen LogP contribution in [0, 0.1) is 20.8 Å². The number of amides is 4. The number of Topliss-reactive ketones (excluding diaryl/α,β-unsaturated/α-hetero) is 2. The van der Waals surface area contributed by atoms with Crippen LogP contribution in [0.25, 0.3) is 32.7 Å². The first kappa shape index (κ1) is 31.2. The van der Waals surface area contributed by atoms with Gasteiger partial charge in [-0.15, -0.1) is 0 Å². The Balaban J connectivity index is 1.10. The summed E-state index contributed by atoms with van der Waals surface area (Å²) in [6.45, 7) is 6.12. The lowest BCUT2D eigenvalue weighted by Gasteiger charge is -2.36. The molecule has 0 saturated heterocycles. The molecule has 0 fully saturated rings. The lowest BCUT2D eigenvalue weighted by atomic mass is 9.64. The minimum absolute atomic E-state index is 0.110. The molecule has 8 heteroatoms. The molecule has 0 saturated carbocycles. The van der Waals surface area contributed by atoms with Crippen molar-refractivity contribution in [1.29, 1.82) is 0 Å². The number of ketones is 2. The van der Waals surface area contributed by atoms with Gasteiger partial charge in [0.2, 0.25) is 0 Å². The highest BCUT2D eigenvalue weighted by Gasteiger charge is 2.48. The van der Waals surface area contributed by atoms with Crippen molar-refractivity contribution in [3.05, 3.63) is 146 Å². The highest BCUT2D eigenvalue weighted by molar-refractivity contribution is 6.37. The van der Waals surface area contributed by atoms with Gasteiger partial charge in [-0.1, -0.05) is 54.6 Å². The number of carbonyl (C=O) groups is 6. The van der Waals surface area contributed by atoms with Crippen molar-refractivity contribution in [2.45, 2.75) is 39.0 Å². The Bertz CT molecular complexity index is 2850. The van der Waals surface area contributed by atoms with Gasteiger partial charge in [0.1, 0.15) is 0 Å². The Morgan fingerprint density at radius 3 is 1.47 bits per heavy atom. The Morgan fingerprint density at radius 1 is 0.472 bits per heavy atom. The Labute approximate surface area is 303 Å². The van der Waals surface area contributed by atoms with Gasteiger partial charge >= 0.3 is 0 Å². The third-order valence-corrected chi connectivity index (χ3v) is 12.0. The molecule has 256 valence electrons. The van der Waals surface area contributed by atoms with E-state index >= 15 is 0 Å². The zero-order chi connectivity index (χ0) is 36.8. The number of fused-ring (bicyclic) bond motifs is 10. The van der Waals surface area contributed by atoms with Crippen LogP contribution in [0.15, 0.2) is 84.9 Å². The summed E-state index contributed by atoms with van der Waals surface area (Å²) in [5.74, 6) is -4.09. The lowest BCUT2D eigenvalue weighted by molar-refractivity contribution is 0.0691. The van der Waals surface area contributed by atoms with Crippen LogP contribution in [0.5, 0.6) is 0 Å². The van der Waals surface area contributed by atoms with Crippen LogP contribution in [0.4, 0.5) is 5.69 Å². The average Bonchev–Trinajstić information content (AvgIpc) is 3.53. The predicted molar refractivity (Wildman–Crippen MR) is 200 cm³/mol. The summed E-state index contributed by atoms with van der Waals surface area (Å²) < 4.78 is 0. The van der Waals surface area contributed by atoms with Crippen LogP contribution in [-0.4, -0.2) is 47.1 Å². The van der Waals surface area contributed by atoms with Crippen LogP contribution >= 0.6 is 0 Å². The van der Waals surface area contributed by atoms with Crippen molar-refractivity contribution in [3.63, 3.8) is 0 Å². The number of rotatable bonds is 2. The van der Waals surface area contributed by atoms with Crippen molar-refractivity contribution >= 4 is 62.4 Å². The second-order valence-corrected chi connectivity index (χ2v) is 14.7. The third-order valence-electron chi connectivity index (χ3n) is 12.0. The van der Waals surface area contributed by atoms with Crippen LogP contribution in [-0.2, 0) is 0 Å². The van der Waals surface area contributed by atoms with E-state index in [1.54, 1.807) is 6.07 Å². The summed E-state index contributed by atoms with van der Waals surface area (Å²) in [4.78, 5) is 84.9. The fourth-order valence-electron chi connectivity index (χ4n) is 9.20. The molecule has 0 N–H and O–H groups in total. The zero-order valence-corrected chi connectivity index (χ0v) is 29.3. The SMILES string of the molecule is Cc1cc(-c2cc(C)c(N3C(=O)c4cc5c(cc4C3=O)C3CC(C5=O)c4cc5c(cc4C3=O)C(=O)N(C)C5=O)c3ccccc23)c2ccccc2c1C. The maximum Gasteiger partial charge on any atom is 0.266 e. The van der Waals surface area contributed by atoms with E-state index in [-0.39, 0.29) is 51.4 Å². The molecule has 4 amide bonds. The van der Waals surface area contributed by atoms with Gasteiger partial charge in [-0.25, -0.2) is 4.90 Å². The van der Waals surface area contributed by atoms with Gasteiger partial charge in [-0.2, -0.15) is 0 Å². The highest BCUT2D eigenvalue weighted by Crippen LogP contribution is 2.50. The minimum Gasteiger partial charge on any atom is -0.293 e. The van der Waals surface area contributed by atoms with Crippen LogP contribution in [0.1, 0.15) is 108 Å². The first-order valence-electron chi connectivity index (χ1n) is 17.6. The molecule has 2 atom stereocenters. The first-order chi connectivity index (χ1) is 25.5. The molecule has 0 aromatic heterocycles. The summed E-state index contributed by atoms with van der Waals surface area (Å²) in [5, 5.41) is 3.90. The van der Waals surface area contributed by atoms with Gasteiger partial charge in [-0.05, 0) is 113 Å². The van der Waals surface area contributed by atoms with Crippen molar-refractivity contribution in [1.82, 2.24) is 4.90 Å². The smallest absolute Gasteiger partial charge is 0.266 e. The van der Waals surface area contributed by atoms with E-state index in [0.717, 1.165) is 48.7 Å². The van der Waals surface area contributed by atoms with Gasteiger partial charge < -0.3 is 0 Å². The fourth-order valence-corrected chi connectivity index (χ4v) is 9.20. The number of carbonyl (C=O) groups excluding carboxylic acids is 6. The molecule has 6 aromatic rings. The molecule has 4 aliphatic rings. The molecular weight excluding hydrogens is 665 g/mol. The highest BCUT2D eigenvalue weighted by atomic mass is 16.2. The summed E-state index contributed by atoms with van der Waals surface area (Å²) in [6.07, 6.45) is 0.178. The minimum atomic E-state index is -0.750. The van der Waals surface area contributed by atoms with E-state index in [0.29, 0.717) is 16.8 Å². The molecule has 53 heavy (non-hydrogen) atoms. The maximum absolute atomic E-state index is 14.4. The molecule has 8 nitrogen and oxygen atoms in total. The summed E-state index contributed by atoms with van der Waals surface area (Å²) in [7, 11) is 1.38. The number of imide groups is 2. The van der Waals surface area contributed by atoms with Gasteiger partial charge in [-0.3, -0.25) is 33.7 Å². The lowest BCUT2D eigenvalue weighted by Crippen LogP contribution is -2.34. The second-order valence-electron chi connectivity index (χ2n) is 14.7. The monoisotopic (exact) mass is 694 g/mol. The molecule has 2 heterocycles. The van der Waals surface area contributed by atoms with Crippen molar-refractivity contribution in [2.24, 2.45) is 0 Å². The molecule has 2 aliphatic heterocycles. The van der Waals surface area contributed by atoms with Gasteiger partial charge in [0.15, 0.2) is 11.6 Å². The Hall–Kier alpha value is -6.54. The topological polar surface area (TPSA) is 109 Å². The number of anilines is 1. The predicted octanol–water partition coefficient (Wildman–Crippen LogP) is 8.26. The van der Waals surface area contributed by atoms with Crippen molar-refractivity contribution < 1.29 is 28.8 Å². The number of nitrogens with zero attached hydrogens (tertiary/aromatic N) is 2. The molecule has 2 unspecified atom stereocenters. The summed E-state index contributed by atoms with van der Waals surface area (Å²) in [6, 6.07) is 26.3. The molecule has 0 spiro atoms. The van der Waals surface area contributed by atoms with Crippen molar-refractivity contribution in [3.8, 4) is 11.1 Å². The summed E-state index contributed by atoms with van der Waals surface area (Å²) in [5.41, 5.74) is 7.49. The van der Waals surface area contributed by atoms with E-state index in [9.17, 15) is 28.8 Å². The molecule has 6 aromatic carbocycles. The summed E-state index contributed by atoms with van der Waals surface area (Å²) >= 11 is 0. The second kappa shape index (κ2) is 10.5.